The number of aryl methyl sites for hydroxylation is 1. The molecule has 3 heteroatoms. The normalized spacial score (nSPS) is 13.5. The molecule has 1 saturated carbocycles. The van der Waals surface area contributed by atoms with E-state index in [1.165, 1.54) is 0 Å². The SMILES string of the molecule is Cc1nc(N=C(c2ccccc2)c2ccccc2)cc(C2CC2)c1F. The lowest BCUT2D eigenvalue weighted by atomic mass is 10.0. The second-order valence-electron chi connectivity index (χ2n) is 6.44. The first kappa shape index (κ1) is 15.7. The second-order valence-corrected chi connectivity index (χ2v) is 6.44. The molecule has 1 aliphatic carbocycles. The minimum absolute atomic E-state index is 0.178. The average molecular weight is 330 g/mol. The highest BCUT2D eigenvalue weighted by atomic mass is 19.1. The molecule has 0 amide bonds. The molecule has 1 aromatic heterocycles. The molecular weight excluding hydrogens is 311 g/mol. The Morgan fingerprint density at radius 3 is 2.04 bits per heavy atom. The van der Waals surface area contributed by atoms with Gasteiger partial charge in [0.15, 0.2) is 5.82 Å². The van der Waals surface area contributed by atoms with Crippen LogP contribution in [0.25, 0.3) is 0 Å². The van der Waals surface area contributed by atoms with Crippen LogP contribution in [0.15, 0.2) is 71.7 Å². The van der Waals surface area contributed by atoms with Crippen LogP contribution in [-0.2, 0) is 0 Å². The van der Waals surface area contributed by atoms with Gasteiger partial charge in [-0.1, -0.05) is 60.7 Å². The summed E-state index contributed by atoms with van der Waals surface area (Å²) in [5, 5.41) is 0. The minimum atomic E-state index is -0.178. The lowest BCUT2D eigenvalue weighted by molar-refractivity contribution is 0.593. The first-order chi connectivity index (χ1) is 12.2. The number of benzene rings is 2. The molecule has 2 nitrogen and oxygen atoms in total. The van der Waals surface area contributed by atoms with Crippen LogP contribution < -0.4 is 0 Å². The maximum absolute atomic E-state index is 14.3. The van der Waals surface area contributed by atoms with Gasteiger partial charge in [-0.2, -0.15) is 0 Å². The first-order valence-corrected chi connectivity index (χ1v) is 8.59. The predicted molar refractivity (Wildman–Crippen MR) is 99.1 cm³/mol. The summed E-state index contributed by atoms with van der Waals surface area (Å²) in [6, 6.07) is 21.9. The van der Waals surface area contributed by atoms with Crippen molar-refractivity contribution in [2.45, 2.75) is 25.7 Å². The van der Waals surface area contributed by atoms with Crippen LogP contribution in [0.1, 0.15) is 41.1 Å². The molecule has 124 valence electrons. The summed E-state index contributed by atoms with van der Waals surface area (Å²) in [4.78, 5) is 9.18. The van der Waals surface area contributed by atoms with Crippen LogP contribution in [0.4, 0.5) is 10.2 Å². The summed E-state index contributed by atoms with van der Waals surface area (Å²) < 4.78 is 14.3. The van der Waals surface area contributed by atoms with Gasteiger partial charge in [-0.3, -0.25) is 0 Å². The Hall–Kier alpha value is -2.81. The van der Waals surface area contributed by atoms with E-state index >= 15 is 0 Å². The van der Waals surface area contributed by atoms with E-state index in [9.17, 15) is 4.39 Å². The second kappa shape index (κ2) is 6.60. The Kier molecular flexibility index (Phi) is 4.14. The van der Waals surface area contributed by atoms with Crippen molar-refractivity contribution in [2.24, 2.45) is 4.99 Å². The number of hydrogen-bond donors (Lipinski definition) is 0. The van der Waals surface area contributed by atoms with Crippen LogP contribution in [-0.4, -0.2) is 10.7 Å². The van der Waals surface area contributed by atoms with Crippen molar-refractivity contribution in [1.29, 1.82) is 0 Å². The Balaban J connectivity index is 1.85. The van der Waals surface area contributed by atoms with E-state index in [0.717, 1.165) is 35.2 Å². The van der Waals surface area contributed by atoms with Gasteiger partial charge in [0.1, 0.15) is 5.82 Å². The van der Waals surface area contributed by atoms with E-state index in [-0.39, 0.29) is 5.82 Å². The smallest absolute Gasteiger partial charge is 0.153 e. The molecule has 0 unspecified atom stereocenters. The molecule has 0 spiro atoms. The molecule has 0 atom stereocenters. The van der Waals surface area contributed by atoms with Crippen molar-refractivity contribution in [1.82, 2.24) is 4.98 Å². The Bertz CT molecular complexity index is 872. The highest BCUT2D eigenvalue weighted by Gasteiger charge is 2.28. The molecular formula is C22H19FN2. The zero-order valence-corrected chi connectivity index (χ0v) is 14.1. The average Bonchev–Trinajstić information content (AvgIpc) is 3.49. The van der Waals surface area contributed by atoms with E-state index in [1.54, 1.807) is 6.92 Å². The van der Waals surface area contributed by atoms with Gasteiger partial charge in [-0.05, 0) is 37.3 Å². The Labute approximate surface area is 147 Å². The van der Waals surface area contributed by atoms with Gasteiger partial charge in [0, 0.05) is 11.1 Å². The van der Waals surface area contributed by atoms with Crippen molar-refractivity contribution >= 4 is 11.5 Å². The fourth-order valence-corrected chi connectivity index (χ4v) is 3.02. The topological polar surface area (TPSA) is 25.2 Å². The lowest BCUT2D eigenvalue weighted by Crippen LogP contribution is -2.03. The van der Waals surface area contributed by atoms with Gasteiger partial charge >= 0.3 is 0 Å². The molecule has 0 N–H and O–H groups in total. The van der Waals surface area contributed by atoms with E-state index in [1.807, 2.05) is 66.7 Å². The van der Waals surface area contributed by atoms with Crippen LogP contribution in [0.3, 0.4) is 0 Å². The fraction of sp³-hybridized carbons (Fsp3) is 0.182. The monoisotopic (exact) mass is 330 g/mol. The highest BCUT2D eigenvalue weighted by molar-refractivity contribution is 6.13. The minimum Gasteiger partial charge on any atom is -0.231 e. The molecule has 1 heterocycles. The largest absolute Gasteiger partial charge is 0.231 e. The standard InChI is InChI=1S/C22H19FN2/c1-15-21(23)19(16-12-13-16)14-20(24-15)25-22(17-8-4-2-5-9-17)18-10-6-3-7-11-18/h2-11,14,16H,12-13H2,1H3. The van der Waals surface area contributed by atoms with Gasteiger partial charge in [-0.25, -0.2) is 14.4 Å². The summed E-state index contributed by atoms with van der Waals surface area (Å²) in [6.07, 6.45) is 2.10. The fourth-order valence-electron chi connectivity index (χ4n) is 3.02. The van der Waals surface area contributed by atoms with E-state index in [2.05, 4.69) is 4.98 Å². The maximum atomic E-state index is 14.3. The molecule has 4 rings (SSSR count). The summed E-state index contributed by atoms with van der Waals surface area (Å²) in [6.45, 7) is 1.71. The van der Waals surface area contributed by atoms with Gasteiger partial charge in [0.25, 0.3) is 0 Å². The molecule has 0 bridgehead atoms. The highest BCUT2D eigenvalue weighted by Crippen LogP contribution is 2.42. The van der Waals surface area contributed by atoms with Gasteiger partial charge in [0.2, 0.25) is 0 Å². The number of halogens is 1. The van der Waals surface area contributed by atoms with Crippen molar-refractivity contribution in [3.05, 3.63) is 94.9 Å². The molecule has 25 heavy (non-hydrogen) atoms. The van der Waals surface area contributed by atoms with Gasteiger partial charge in [0.05, 0.1) is 11.4 Å². The van der Waals surface area contributed by atoms with Gasteiger partial charge < -0.3 is 0 Å². The molecule has 2 aromatic carbocycles. The zero-order valence-electron chi connectivity index (χ0n) is 14.1. The van der Waals surface area contributed by atoms with Crippen molar-refractivity contribution in [2.75, 3.05) is 0 Å². The number of aromatic nitrogens is 1. The molecule has 0 radical (unpaired) electrons. The Morgan fingerprint density at radius 2 is 1.52 bits per heavy atom. The molecule has 1 fully saturated rings. The predicted octanol–water partition coefficient (Wildman–Crippen LogP) is 5.58. The number of hydrogen-bond acceptors (Lipinski definition) is 2. The van der Waals surface area contributed by atoms with E-state index < -0.39 is 0 Å². The van der Waals surface area contributed by atoms with Crippen LogP contribution in [0, 0.1) is 12.7 Å². The van der Waals surface area contributed by atoms with Crippen molar-refractivity contribution in [3.8, 4) is 0 Å². The number of rotatable bonds is 4. The first-order valence-electron chi connectivity index (χ1n) is 8.59. The summed E-state index contributed by atoms with van der Waals surface area (Å²) in [5.74, 6) is 0.721. The molecule has 3 aromatic rings. The molecule has 1 aliphatic rings. The number of pyridine rings is 1. The lowest BCUT2D eigenvalue weighted by Gasteiger charge is -2.09. The number of aliphatic imine (C=N–C) groups is 1. The summed E-state index contributed by atoms with van der Waals surface area (Å²) >= 11 is 0. The molecule has 0 saturated heterocycles. The molecule has 0 aliphatic heterocycles. The van der Waals surface area contributed by atoms with E-state index in [4.69, 9.17) is 4.99 Å². The van der Waals surface area contributed by atoms with Crippen LogP contribution in [0.5, 0.6) is 0 Å². The third-order valence-corrected chi connectivity index (χ3v) is 4.48. The third-order valence-electron chi connectivity index (χ3n) is 4.48. The number of nitrogens with zero attached hydrogens (tertiary/aromatic N) is 2. The van der Waals surface area contributed by atoms with Crippen molar-refractivity contribution < 1.29 is 4.39 Å². The van der Waals surface area contributed by atoms with E-state index in [0.29, 0.717) is 17.4 Å². The summed E-state index contributed by atoms with van der Waals surface area (Å²) in [7, 11) is 0. The summed E-state index contributed by atoms with van der Waals surface area (Å²) in [5.41, 5.74) is 4.06. The van der Waals surface area contributed by atoms with Crippen LogP contribution in [0.2, 0.25) is 0 Å². The maximum Gasteiger partial charge on any atom is 0.153 e. The van der Waals surface area contributed by atoms with Gasteiger partial charge in [-0.15, -0.1) is 0 Å². The van der Waals surface area contributed by atoms with Crippen LogP contribution >= 0.6 is 0 Å². The Morgan fingerprint density at radius 1 is 0.960 bits per heavy atom. The zero-order chi connectivity index (χ0) is 17.2. The quantitative estimate of drug-likeness (QED) is 0.574. The third kappa shape index (κ3) is 3.36. The van der Waals surface area contributed by atoms with Crippen molar-refractivity contribution in [3.63, 3.8) is 0 Å².